The van der Waals surface area contributed by atoms with Crippen molar-refractivity contribution >= 4 is 15.9 Å². The molecule has 0 aliphatic carbocycles. The fraction of sp³-hybridized carbons (Fsp3) is 0.389. The van der Waals surface area contributed by atoms with Gasteiger partial charge in [0.1, 0.15) is 16.5 Å². The lowest BCUT2D eigenvalue weighted by Gasteiger charge is -2.14. The molecular formula is C18H21FN2O5S. The van der Waals surface area contributed by atoms with E-state index in [1.165, 1.54) is 41.6 Å². The summed E-state index contributed by atoms with van der Waals surface area (Å²) in [6.45, 7) is 2.28. The van der Waals surface area contributed by atoms with Gasteiger partial charge < -0.3 is 14.8 Å². The molecule has 1 unspecified atom stereocenters. The predicted octanol–water partition coefficient (Wildman–Crippen LogP) is 1.98. The maximum absolute atomic E-state index is 12.9. The van der Waals surface area contributed by atoms with Crippen molar-refractivity contribution in [2.75, 3.05) is 19.6 Å². The molecule has 1 fully saturated rings. The third kappa shape index (κ3) is 4.20. The number of nitrogens with one attached hydrogen (secondary N) is 1. The van der Waals surface area contributed by atoms with Gasteiger partial charge in [0, 0.05) is 25.7 Å². The number of hydrogen-bond acceptors (Lipinski definition) is 5. The van der Waals surface area contributed by atoms with Crippen molar-refractivity contribution in [1.29, 1.82) is 0 Å². The van der Waals surface area contributed by atoms with Crippen LogP contribution in [0.25, 0.3) is 0 Å². The van der Waals surface area contributed by atoms with E-state index in [0.29, 0.717) is 18.7 Å². The highest BCUT2D eigenvalue weighted by Gasteiger charge is 2.31. The second kappa shape index (κ2) is 7.79. The number of amides is 1. The van der Waals surface area contributed by atoms with Crippen LogP contribution in [0.15, 0.2) is 39.6 Å². The number of benzene rings is 1. The largest absolute Gasteiger partial charge is 0.455 e. The molecule has 1 amide bonds. The van der Waals surface area contributed by atoms with Crippen LogP contribution in [0.5, 0.6) is 0 Å². The number of hydrogen-bond donors (Lipinski definition) is 2. The van der Waals surface area contributed by atoms with E-state index in [1.54, 1.807) is 0 Å². The molecule has 1 aromatic carbocycles. The van der Waals surface area contributed by atoms with Gasteiger partial charge in [-0.3, -0.25) is 4.79 Å². The minimum atomic E-state index is -3.69. The summed E-state index contributed by atoms with van der Waals surface area (Å²) in [6, 6.07) is 6.48. The average molecular weight is 396 g/mol. The summed E-state index contributed by atoms with van der Waals surface area (Å²) in [4.78, 5) is 12.2. The second-order valence-corrected chi connectivity index (χ2v) is 8.33. The molecule has 7 nitrogen and oxygen atoms in total. The van der Waals surface area contributed by atoms with Gasteiger partial charge in [0.25, 0.3) is 5.91 Å². The zero-order chi connectivity index (χ0) is 19.6. The van der Waals surface area contributed by atoms with Crippen LogP contribution in [-0.4, -0.2) is 43.4 Å². The Hall–Kier alpha value is -2.23. The maximum atomic E-state index is 12.9. The Morgan fingerprint density at radius 2 is 1.93 bits per heavy atom. The number of sulfonamides is 1. The van der Waals surface area contributed by atoms with Crippen LogP contribution in [0.3, 0.4) is 0 Å². The summed E-state index contributed by atoms with van der Waals surface area (Å²) in [7, 11) is -3.69. The molecule has 0 saturated carbocycles. The molecule has 1 aliphatic rings. The second-order valence-electron chi connectivity index (χ2n) is 6.42. The number of aryl methyl sites for hydroxylation is 1. The Morgan fingerprint density at radius 1 is 1.30 bits per heavy atom. The Labute approximate surface area is 156 Å². The van der Waals surface area contributed by atoms with Crippen LogP contribution >= 0.6 is 0 Å². The molecule has 1 aliphatic heterocycles. The van der Waals surface area contributed by atoms with E-state index in [9.17, 15) is 22.7 Å². The molecule has 9 heteroatoms. The third-order valence-corrected chi connectivity index (χ3v) is 6.50. The van der Waals surface area contributed by atoms with Crippen LogP contribution in [0.4, 0.5) is 4.39 Å². The normalized spacial score (nSPS) is 16.4. The third-order valence-electron chi connectivity index (χ3n) is 4.49. The van der Waals surface area contributed by atoms with Gasteiger partial charge in [-0.15, -0.1) is 0 Å². The van der Waals surface area contributed by atoms with Crippen molar-refractivity contribution in [2.24, 2.45) is 0 Å². The van der Waals surface area contributed by atoms with Crippen LogP contribution in [0, 0.1) is 12.7 Å². The molecule has 0 bridgehead atoms. The van der Waals surface area contributed by atoms with Gasteiger partial charge in [0.15, 0.2) is 5.76 Å². The van der Waals surface area contributed by atoms with Gasteiger partial charge >= 0.3 is 0 Å². The van der Waals surface area contributed by atoms with Crippen molar-refractivity contribution in [1.82, 2.24) is 9.62 Å². The van der Waals surface area contributed by atoms with E-state index in [1.807, 2.05) is 0 Å². The Morgan fingerprint density at radius 3 is 2.56 bits per heavy atom. The number of carbonyl (C=O) groups is 1. The summed E-state index contributed by atoms with van der Waals surface area (Å²) >= 11 is 0. The van der Waals surface area contributed by atoms with Gasteiger partial charge in [-0.05, 0) is 37.5 Å². The number of aliphatic hydroxyl groups is 1. The van der Waals surface area contributed by atoms with Crippen LogP contribution in [0.2, 0.25) is 0 Å². The van der Waals surface area contributed by atoms with Crippen LogP contribution in [-0.2, 0) is 10.0 Å². The van der Waals surface area contributed by atoms with Gasteiger partial charge in [-0.2, -0.15) is 4.31 Å². The van der Waals surface area contributed by atoms with Gasteiger partial charge in [-0.25, -0.2) is 12.8 Å². The minimum absolute atomic E-state index is 0.0198. The fourth-order valence-corrected chi connectivity index (χ4v) is 4.66. The first-order valence-electron chi connectivity index (χ1n) is 8.61. The van der Waals surface area contributed by atoms with Crippen molar-refractivity contribution in [2.45, 2.75) is 30.8 Å². The maximum Gasteiger partial charge on any atom is 0.287 e. The molecule has 1 atom stereocenters. The summed E-state index contributed by atoms with van der Waals surface area (Å²) in [5.74, 6) is -1.06. The lowest BCUT2D eigenvalue weighted by atomic mass is 10.1. The number of furan rings is 1. The lowest BCUT2D eigenvalue weighted by Crippen LogP contribution is -2.29. The van der Waals surface area contributed by atoms with E-state index in [4.69, 9.17) is 4.42 Å². The molecular weight excluding hydrogens is 375 g/mol. The quantitative estimate of drug-likeness (QED) is 0.778. The first-order chi connectivity index (χ1) is 12.8. The highest BCUT2D eigenvalue weighted by molar-refractivity contribution is 7.89. The summed E-state index contributed by atoms with van der Waals surface area (Å²) < 4.78 is 44.9. The molecule has 3 rings (SSSR count). The number of rotatable bonds is 6. The lowest BCUT2D eigenvalue weighted by molar-refractivity contribution is 0.0887. The van der Waals surface area contributed by atoms with E-state index in [0.717, 1.165) is 12.8 Å². The molecule has 2 heterocycles. The first kappa shape index (κ1) is 19.5. The van der Waals surface area contributed by atoms with Crippen molar-refractivity contribution in [3.8, 4) is 0 Å². The van der Waals surface area contributed by atoms with Gasteiger partial charge in [0.05, 0.1) is 6.10 Å². The number of carbonyl (C=O) groups excluding carboxylic acids is 1. The van der Waals surface area contributed by atoms with Gasteiger partial charge in [0.2, 0.25) is 10.0 Å². The fourth-order valence-electron chi connectivity index (χ4n) is 2.98. The molecule has 1 saturated heterocycles. The molecule has 2 N–H and O–H groups in total. The molecule has 0 spiro atoms. The summed E-state index contributed by atoms with van der Waals surface area (Å²) in [6.07, 6.45) is 0.591. The average Bonchev–Trinajstić information content (AvgIpc) is 3.30. The molecule has 2 aromatic rings. The molecule has 0 radical (unpaired) electrons. The van der Waals surface area contributed by atoms with E-state index >= 15 is 0 Å². The predicted molar refractivity (Wildman–Crippen MR) is 95.1 cm³/mol. The summed E-state index contributed by atoms with van der Waals surface area (Å²) in [5.41, 5.74) is 0.449. The standard InChI is InChI=1S/C18H21FN2O5S/c1-12-17(27(24,25)21-8-2-3-9-21)10-16(26-12)18(23)20-11-15(22)13-4-6-14(19)7-5-13/h4-7,10,15,22H,2-3,8-9,11H2,1H3,(H,20,23). The van der Waals surface area contributed by atoms with E-state index in [2.05, 4.69) is 5.32 Å². The molecule has 146 valence electrons. The van der Waals surface area contributed by atoms with Crippen molar-refractivity contribution in [3.05, 3.63) is 53.2 Å². The molecule has 1 aromatic heterocycles. The van der Waals surface area contributed by atoms with Crippen LogP contribution in [0.1, 0.15) is 40.8 Å². The smallest absolute Gasteiger partial charge is 0.287 e. The highest BCUT2D eigenvalue weighted by Crippen LogP contribution is 2.26. The number of nitrogens with zero attached hydrogens (tertiary/aromatic N) is 1. The highest BCUT2D eigenvalue weighted by atomic mass is 32.2. The SMILES string of the molecule is Cc1oc(C(=O)NCC(O)c2ccc(F)cc2)cc1S(=O)(=O)N1CCCC1. The van der Waals surface area contributed by atoms with Gasteiger partial charge in [-0.1, -0.05) is 12.1 Å². The van der Waals surface area contributed by atoms with Crippen molar-refractivity contribution in [3.63, 3.8) is 0 Å². The zero-order valence-corrected chi connectivity index (χ0v) is 15.6. The van der Waals surface area contributed by atoms with Crippen molar-refractivity contribution < 1.29 is 27.1 Å². The number of halogens is 1. The van der Waals surface area contributed by atoms with E-state index < -0.39 is 27.9 Å². The first-order valence-corrected chi connectivity index (χ1v) is 10.1. The topological polar surface area (TPSA) is 99.8 Å². The summed E-state index contributed by atoms with van der Waals surface area (Å²) in [5, 5.41) is 12.6. The Kier molecular flexibility index (Phi) is 5.64. The van der Waals surface area contributed by atoms with Crippen LogP contribution < -0.4 is 5.32 Å². The zero-order valence-electron chi connectivity index (χ0n) is 14.8. The minimum Gasteiger partial charge on any atom is -0.455 e. The number of aliphatic hydroxyl groups excluding tert-OH is 1. The Balaban J connectivity index is 1.68. The molecule has 27 heavy (non-hydrogen) atoms. The van der Waals surface area contributed by atoms with E-state index in [-0.39, 0.29) is 23.0 Å². The Bertz CT molecular complexity index is 918. The monoisotopic (exact) mass is 396 g/mol.